The minimum atomic E-state index is 0.487. The zero-order valence-electron chi connectivity index (χ0n) is 44.7. The molecule has 0 spiro atoms. The van der Waals surface area contributed by atoms with E-state index < -0.39 is 0 Å². The van der Waals surface area contributed by atoms with Gasteiger partial charge in [0.15, 0.2) is 6.29 Å². The highest BCUT2D eigenvalue weighted by Gasteiger charge is 2.15. The van der Waals surface area contributed by atoms with Crippen molar-refractivity contribution in [2.75, 3.05) is 44.4 Å². The lowest BCUT2D eigenvalue weighted by atomic mass is 10.1. The second kappa shape index (κ2) is 39.2. The highest BCUT2D eigenvalue weighted by Crippen LogP contribution is 2.32. The Morgan fingerprint density at radius 1 is 0.377 bits per heavy atom. The molecule has 0 radical (unpaired) electrons. The van der Waals surface area contributed by atoms with Crippen LogP contribution < -0.4 is 23.8 Å². The van der Waals surface area contributed by atoms with Gasteiger partial charge in [0.1, 0.15) is 23.0 Å². The molecule has 6 nitrogen and oxygen atoms in total. The van der Waals surface area contributed by atoms with Gasteiger partial charge in [-0.15, -0.1) is 0 Å². The molecule has 0 heterocycles. The van der Waals surface area contributed by atoms with Gasteiger partial charge in [0.25, 0.3) is 0 Å². The summed E-state index contributed by atoms with van der Waals surface area (Å²) in [4.78, 5) is 15.0. The van der Waals surface area contributed by atoms with E-state index in [1.165, 1.54) is 134 Å². The predicted molar refractivity (Wildman–Crippen MR) is 294 cm³/mol. The second-order valence-corrected chi connectivity index (χ2v) is 19.1. The summed E-state index contributed by atoms with van der Waals surface area (Å²) in [5, 5.41) is 0. The average Bonchev–Trinajstić information content (AvgIpc) is 3.37. The third-order valence-corrected chi connectivity index (χ3v) is 12.8. The summed E-state index contributed by atoms with van der Waals surface area (Å²) >= 11 is 0. The molecule has 0 saturated heterocycles. The SMILES string of the molecule is CCCCCCCCOc1cc(C#Cc2cc(OCCCCCCCC)c(C=O)cc2OCCCCCCCC)c(OCCCCCCCC)cc1C#Cc1ccc(N(CCCC)CCCC)cc1. The monoisotopic (exact) mass is 946 g/mol. The van der Waals surface area contributed by atoms with E-state index in [4.69, 9.17) is 18.9 Å². The van der Waals surface area contributed by atoms with Crippen molar-refractivity contribution in [2.24, 2.45) is 0 Å². The molecular weight excluding hydrogens is 851 g/mol. The quantitative estimate of drug-likeness (QED) is 0.0322. The lowest BCUT2D eigenvalue weighted by molar-refractivity contribution is 0.111. The molecule has 0 aromatic heterocycles. The maximum absolute atomic E-state index is 12.5. The van der Waals surface area contributed by atoms with E-state index in [0.29, 0.717) is 60.6 Å². The summed E-state index contributed by atoms with van der Waals surface area (Å²) in [5.74, 6) is 16.5. The van der Waals surface area contributed by atoms with Crippen molar-refractivity contribution < 1.29 is 23.7 Å². The Labute approximate surface area is 422 Å². The van der Waals surface area contributed by atoms with E-state index in [2.05, 4.69) is 94.4 Å². The standard InChI is InChI=1S/C63H95NO5/c1-7-13-19-23-27-31-45-66-60-50-56(39-40-57-51-63(69-48-34-30-26-22-16-10-4)58(53-65)52-62(57)68-47-33-29-25-21-15-9-3)61(67-46-32-28-24-20-14-8-2)49-55(60)38-35-54-36-41-59(42-37-54)64(43-17-11-5)44-18-12-6/h36-37,41-42,49-53H,7-34,43-48H2,1-6H3. The van der Waals surface area contributed by atoms with Crippen molar-refractivity contribution in [2.45, 2.75) is 221 Å². The average molecular weight is 946 g/mol. The van der Waals surface area contributed by atoms with E-state index in [9.17, 15) is 4.79 Å². The van der Waals surface area contributed by atoms with Crippen LogP contribution in [0.25, 0.3) is 0 Å². The van der Waals surface area contributed by atoms with Gasteiger partial charge in [0.05, 0.1) is 48.7 Å². The predicted octanol–water partition coefficient (Wildman–Crippen LogP) is 17.7. The summed E-state index contributed by atoms with van der Waals surface area (Å²) in [6.45, 7) is 18.0. The molecule has 0 atom stereocenters. The van der Waals surface area contributed by atoms with Gasteiger partial charge in [0, 0.05) is 42.5 Å². The van der Waals surface area contributed by atoms with Crippen LogP contribution in [0.5, 0.6) is 23.0 Å². The number of carbonyl (C=O) groups is 1. The van der Waals surface area contributed by atoms with Gasteiger partial charge in [-0.25, -0.2) is 0 Å². The summed E-state index contributed by atoms with van der Waals surface area (Å²) in [6, 6.07) is 16.5. The topological polar surface area (TPSA) is 57.2 Å². The van der Waals surface area contributed by atoms with Gasteiger partial charge < -0.3 is 23.8 Å². The Kier molecular flexibility index (Phi) is 33.4. The highest BCUT2D eigenvalue weighted by atomic mass is 16.5. The van der Waals surface area contributed by atoms with E-state index in [-0.39, 0.29) is 0 Å². The van der Waals surface area contributed by atoms with Crippen LogP contribution in [-0.2, 0) is 0 Å². The first-order chi connectivity index (χ1) is 34.0. The molecule has 382 valence electrons. The van der Waals surface area contributed by atoms with Crippen LogP contribution in [0, 0.1) is 23.7 Å². The van der Waals surface area contributed by atoms with Gasteiger partial charge in [0.2, 0.25) is 0 Å². The van der Waals surface area contributed by atoms with E-state index in [1.54, 1.807) is 0 Å². The Balaban J connectivity index is 2.08. The number of anilines is 1. The fourth-order valence-electron chi connectivity index (χ4n) is 8.36. The fourth-order valence-corrected chi connectivity index (χ4v) is 8.36. The van der Waals surface area contributed by atoms with Crippen molar-refractivity contribution in [1.82, 2.24) is 0 Å². The number of aldehydes is 1. The Hall–Kier alpha value is -4.55. The van der Waals surface area contributed by atoms with Crippen molar-refractivity contribution in [3.05, 3.63) is 76.3 Å². The number of rotatable bonds is 40. The van der Waals surface area contributed by atoms with Crippen LogP contribution in [0.1, 0.15) is 254 Å². The molecule has 69 heavy (non-hydrogen) atoms. The third kappa shape index (κ3) is 25.2. The van der Waals surface area contributed by atoms with Gasteiger partial charge >= 0.3 is 0 Å². The lowest BCUT2D eigenvalue weighted by Crippen LogP contribution is -2.25. The van der Waals surface area contributed by atoms with E-state index in [1.807, 2.05) is 24.3 Å². The highest BCUT2D eigenvalue weighted by molar-refractivity contribution is 5.81. The summed E-state index contributed by atoms with van der Waals surface area (Å²) in [5.41, 5.74) is 4.93. The normalized spacial score (nSPS) is 10.8. The smallest absolute Gasteiger partial charge is 0.153 e. The van der Waals surface area contributed by atoms with Crippen molar-refractivity contribution in [3.8, 4) is 46.7 Å². The number of hydrogen-bond donors (Lipinski definition) is 0. The van der Waals surface area contributed by atoms with Crippen molar-refractivity contribution >= 4 is 12.0 Å². The maximum Gasteiger partial charge on any atom is 0.153 e. The molecule has 0 bridgehead atoms. The van der Waals surface area contributed by atoms with Gasteiger partial charge in [-0.3, -0.25) is 4.79 Å². The van der Waals surface area contributed by atoms with Crippen LogP contribution in [-0.4, -0.2) is 45.8 Å². The molecule has 0 saturated carbocycles. The molecule has 0 amide bonds. The van der Waals surface area contributed by atoms with Crippen LogP contribution >= 0.6 is 0 Å². The lowest BCUT2D eigenvalue weighted by Gasteiger charge is -2.24. The zero-order valence-corrected chi connectivity index (χ0v) is 44.7. The molecule has 6 heteroatoms. The second-order valence-electron chi connectivity index (χ2n) is 19.1. The molecule has 0 fully saturated rings. The molecule has 0 N–H and O–H groups in total. The minimum absolute atomic E-state index is 0.487. The first-order valence-electron chi connectivity index (χ1n) is 28.2. The molecule has 0 unspecified atom stereocenters. The molecule has 0 aliphatic heterocycles. The largest absolute Gasteiger partial charge is 0.493 e. The number of hydrogen-bond acceptors (Lipinski definition) is 6. The van der Waals surface area contributed by atoms with Crippen molar-refractivity contribution in [3.63, 3.8) is 0 Å². The number of ether oxygens (including phenoxy) is 4. The molecule has 3 aromatic carbocycles. The van der Waals surface area contributed by atoms with Gasteiger partial charge in [-0.2, -0.15) is 0 Å². The number of carbonyl (C=O) groups excluding carboxylic acids is 1. The van der Waals surface area contributed by atoms with E-state index >= 15 is 0 Å². The first kappa shape index (κ1) is 58.8. The molecule has 0 aliphatic carbocycles. The molecule has 0 aliphatic rings. The van der Waals surface area contributed by atoms with Gasteiger partial charge in [-0.05, 0) is 68.9 Å². The minimum Gasteiger partial charge on any atom is -0.493 e. The van der Waals surface area contributed by atoms with Crippen molar-refractivity contribution in [1.29, 1.82) is 0 Å². The fraction of sp³-hybridized carbons (Fsp3) is 0.635. The van der Waals surface area contributed by atoms with Crippen LogP contribution in [0.3, 0.4) is 0 Å². The summed E-state index contributed by atoms with van der Waals surface area (Å²) < 4.78 is 26.0. The zero-order chi connectivity index (χ0) is 49.4. The number of benzene rings is 3. The molecule has 3 rings (SSSR count). The van der Waals surface area contributed by atoms with Crippen LogP contribution in [0.4, 0.5) is 5.69 Å². The number of nitrogens with zero attached hydrogens (tertiary/aromatic N) is 1. The molecular formula is C63H95NO5. The Morgan fingerprint density at radius 2 is 0.696 bits per heavy atom. The van der Waals surface area contributed by atoms with Crippen LogP contribution in [0.2, 0.25) is 0 Å². The van der Waals surface area contributed by atoms with Crippen LogP contribution in [0.15, 0.2) is 48.5 Å². The third-order valence-electron chi connectivity index (χ3n) is 12.8. The summed E-state index contributed by atoms with van der Waals surface area (Å²) in [7, 11) is 0. The number of unbranched alkanes of at least 4 members (excludes halogenated alkanes) is 22. The first-order valence-corrected chi connectivity index (χ1v) is 28.2. The maximum atomic E-state index is 12.5. The Morgan fingerprint density at radius 3 is 1.07 bits per heavy atom. The Bertz CT molecular complexity index is 1910. The summed E-state index contributed by atoms with van der Waals surface area (Å²) in [6.07, 6.45) is 33.7. The molecule has 3 aromatic rings. The van der Waals surface area contributed by atoms with Gasteiger partial charge in [-0.1, -0.05) is 206 Å². The van der Waals surface area contributed by atoms with E-state index in [0.717, 1.165) is 87.4 Å².